The van der Waals surface area contributed by atoms with Gasteiger partial charge in [-0.15, -0.1) is 0 Å². The van der Waals surface area contributed by atoms with Gasteiger partial charge in [0.2, 0.25) is 0 Å². The molecule has 0 radical (unpaired) electrons. The Hall–Kier alpha value is -1.35. The minimum absolute atomic E-state index is 0.0282. The molecule has 17 heavy (non-hydrogen) atoms. The van der Waals surface area contributed by atoms with Crippen LogP contribution in [0.25, 0.3) is 10.9 Å². The minimum atomic E-state index is 0.0282. The largest absolute Gasteiger partial charge is 0.324 e. The van der Waals surface area contributed by atoms with Crippen molar-refractivity contribution >= 4 is 10.9 Å². The van der Waals surface area contributed by atoms with Crippen LogP contribution >= 0.6 is 0 Å². The number of fused-ring (bicyclic) bond motifs is 1. The summed E-state index contributed by atoms with van der Waals surface area (Å²) < 4.78 is 2.00. The Labute approximate surface area is 103 Å². The lowest BCUT2D eigenvalue weighted by atomic mass is 10.0. The van der Waals surface area contributed by atoms with Gasteiger partial charge in [0.25, 0.3) is 0 Å². The molecule has 2 aromatic rings. The van der Waals surface area contributed by atoms with E-state index in [0.29, 0.717) is 5.92 Å². The predicted octanol–water partition coefficient (Wildman–Crippen LogP) is 2.79. The Morgan fingerprint density at radius 3 is 2.59 bits per heavy atom. The summed E-state index contributed by atoms with van der Waals surface area (Å²) in [5.41, 5.74) is 9.48. The second kappa shape index (κ2) is 4.49. The molecule has 1 heterocycles. The van der Waals surface area contributed by atoms with E-state index in [2.05, 4.69) is 37.1 Å². The number of aryl methyl sites for hydroxylation is 1. The predicted molar refractivity (Wildman–Crippen MR) is 71.9 cm³/mol. The van der Waals surface area contributed by atoms with Gasteiger partial charge in [0.1, 0.15) is 0 Å². The van der Waals surface area contributed by atoms with Crippen molar-refractivity contribution in [3.8, 4) is 0 Å². The van der Waals surface area contributed by atoms with Crippen molar-refractivity contribution in [3.63, 3.8) is 0 Å². The number of hydrogen-bond donors (Lipinski definition) is 1. The van der Waals surface area contributed by atoms with Crippen molar-refractivity contribution in [2.24, 2.45) is 18.7 Å². The van der Waals surface area contributed by atoms with Gasteiger partial charge in [-0.2, -0.15) is 5.10 Å². The van der Waals surface area contributed by atoms with Crippen LogP contribution in [0.15, 0.2) is 18.2 Å². The van der Waals surface area contributed by atoms with Crippen molar-refractivity contribution in [2.75, 3.05) is 0 Å². The summed E-state index contributed by atoms with van der Waals surface area (Å²) >= 11 is 0. The lowest BCUT2D eigenvalue weighted by Crippen LogP contribution is -2.05. The first-order chi connectivity index (χ1) is 8.00. The summed E-state index contributed by atoms with van der Waals surface area (Å²) in [6.07, 6.45) is 1.05. The number of aromatic nitrogens is 2. The molecule has 1 aromatic carbocycles. The Bertz CT molecular complexity index is 523. The molecule has 3 heteroatoms. The molecule has 0 amide bonds. The van der Waals surface area contributed by atoms with Gasteiger partial charge in [-0.3, -0.25) is 4.68 Å². The standard InChI is InChI=1S/C14H21N3/c1-9(2)8-13-12-7-5-6-11(10(3)15)14(12)16-17(13)4/h5-7,9-10H,8,15H2,1-4H3. The van der Waals surface area contributed by atoms with E-state index in [1.54, 1.807) is 0 Å². The van der Waals surface area contributed by atoms with E-state index >= 15 is 0 Å². The van der Waals surface area contributed by atoms with Gasteiger partial charge in [-0.1, -0.05) is 32.0 Å². The summed E-state index contributed by atoms with van der Waals surface area (Å²) in [5, 5.41) is 5.87. The van der Waals surface area contributed by atoms with E-state index in [9.17, 15) is 0 Å². The second-order valence-corrected chi connectivity index (χ2v) is 5.20. The molecular weight excluding hydrogens is 210 g/mol. The van der Waals surface area contributed by atoms with Crippen LogP contribution in [0.1, 0.15) is 38.1 Å². The van der Waals surface area contributed by atoms with Crippen LogP contribution in [0.4, 0.5) is 0 Å². The fourth-order valence-corrected chi connectivity index (χ4v) is 2.29. The highest BCUT2D eigenvalue weighted by atomic mass is 15.3. The van der Waals surface area contributed by atoms with Crippen molar-refractivity contribution < 1.29 is 0 Å². The number of nitrogens with two attached hydrogens (primary N) is 1. The SMILES string of the molecule is CC(C)Cc1c2cccc(C(C)N)c2nn1C. The van der Waals surface area contributed by atoms with Crippen LogP contribution < -0.4 is 5.73 Å². The average molecular weight is 231 g/mol. The highest BCUT2D eigenvalue weighted by Gasteiger charge is 2.14. The molecule has 0 aliphatic rings. The van der Waals surface area contributed by atoms with Crippen LogP contribution in [-0.2, 0) is 13.5 Å². The summed E-state index contributed by atoms with van der Waals surface area (Å²) in [6, 6.07) is 6.32. The zero-order chi connectivity index (χ0) is 12.6. The first-order valence-electron chi connectivity index (χ1n) is 6.20. The third-order valence-electron chi connectivity index (χ3n) is 3.11. The molecule has 0 fully saturated rings. The molecular formula is C14H21N3. The molecule has 0 aliphatic heterocycles. The second-order valence-electron chi connectivity index (χ2n) is 5.20. The Kier molecular flexibility index (Phi) is 3.20. The molecule has 0 bridgehead atoms. The van der Waals surface area contributed by atoms with E-state index in [0.717, 1.165) is 17.5 Å². The summed E-state index contributed by atoms with van der Waals surface area (Å²) in [7, 11) is 2.02. The van der Waals surface area contributed by atoms with Gasteiger partial charge in [-0.05, 0) is 24.8 Å². The molecule has 2 rings (SSSR count). The Balaban J connectivity index is 2.63. The summed E-state index contributed by atoms with van der Waals surface area (Å²) in [6.45, 7) is 6.47. The van der Waals surface area contributed by atoms with Crippen molar-refractivity contribution in [2.45, 2.75) is 33.2 Å². The fourth-order valence-electron chi connectivity index (χ4n) is 2.29. The molecule has 0 spiro atoms. The number of benzene rings is 1. The number of hydrogen-bond acceptors (Lipinski definition) is 2. The van der Waals surface area contributed by atoms with Gasteiger partial charge in [0.15, 0.2) is 0 Å². The molecule has 0 aliphatic carbocycles. The van der Waals surface area contributed by atoms with E-state index in [1.807, 2.05) is 18.7 Å². The maximum atomic E-state index is 5.99. The third-order valence-corrected chi connectivity index (χ3v) is 3.11. The lowest BCUT2D eigenvalue weighted by molar-refractivity contribution is 0.599. The zero-order valence-corrected chi connectivity index (χ0v) is 11.1. The summed E-state index contributed by atoms with van der Waals surface area (Å²) in [5.74, 6) is 0.632. The molecule has 1 unspecified atom stereocenters. The molecule has 0 saturated carbocycles. The highest BCUT2D eigenvalue weighted by molar-refractivity contribution is 5.85. The van der Waals surface area contributed by atoms with Crippen molar-refractivity contribution in [1.82, 2.24) is 9.78 Å². The fraction of sp³-hybridized carbons (Fsp3) is 0.500. The Morgan fingerprint density at radius 1 is 1.29 bits per heavy atom. The summed E-state index contributed by atoms with van der Waals surface area (Å²) in [4.78, 5) is 0. The van der Waals surface area contributed by atoms with Crippen molar-refractivity contribution in [1.29, 1.82) is 0 Å². The molecule has 92 valence electrons. The quantitative estimate of drug-likeness (QED) is 0.882. The van der Waals surface area contributed by atoms with Crippen LogP contribution in [-0.4, -0.2) is 9.78 Å². The topological polar surface area (TPSA) is 43.8 Å². The van der Waals surface area contributed by atoms with Crippen molar-refractivity contribution in [3.05, 3.63) is 29.5 Å². The van der Waals surface area contributed by atoms with Gasteiger partial charge < -0.3 is 5.73 Å². The lowest BCUT2D eigenvalue weighted by Gasteiger charge is -2.07. The molecule has 1 atom stereocenters. The Morgan fingerprint density at radius 2 is 2.00 bits per heavy atom. The minimum Gasteiger partial charge on any atom is -0.324 e. The normalized spacial score (nSPS) is 13.5. The molecule has 0 saturated heterocycles. The van der Waals surface area contributed by atoms with E-state index in [1.165, 1.54) is 11.1 Å². The van der Waals surface area contributed by atoms with E-state index in [-0.39, 0.29) is 6.04 Å². The van der Waals surface area contributed by atoms with Gasteiger partial charge in [0, 0.05) is 24.2 Å². The average Bonchev–Trinajstić information content (AvgIpc) is 2.54. The zero-order valence-electron chi connectivity index (χ0n) is 11.1. The highest BCUT2D eigenvalue weighted by Crippen LogP contribution is 2.26. The molecule has 3 nitrogen and oxygen atoms in total. The monoisotopic (exact) mass is 231 g/mol. The van der Waals surface area contributed by atoms with Crippen LogP contribution in [0, 0.1) is 5.92 Å². The maximum Gasteiger partial charge on any atom is 0.0973 e. The van der Waals surface area contributed by atoms with E-state index < -0.39 is 0 Å². The van der Waals surface area contributed by atoms with Gasteiger partial charge >= 0.3 is 0 Å². The van der Waals surface area contributed by atoms with Gasteiger partial charge in [-0.25, -0.2) is 0 Å². The van der Waals surface area contributed by atoms with E-state index in [4.69, 9.17) is 5.73 Å². The molecule has 1 aromatic heterocycles. The van der Waals surface area contributed by atoms with Crippen LogP contribution in [0.3, 0.4) is 0 Å². The van der Waals surface area contributed by atoms with Gasteiger partial charge in [0.05, 0.1) is 5.52 Å². The first kappa shape index (κ1) is 12.1. The smallest absolute Gasteiger partial charge is 0.0973 e. The number of nitrogens with zero attached hydrogens (tertiary/aromatic N) is 2. The maximum absolute atomic E-state index is 5.99. The van der Waals surface area contributed by atoms with Crippen LogP contribution in [0.2, 0.25) is 0 Å². The third kappa shape index (κ3) is 2.20. The molecule has 2 N–H and O–H groups in total. The van der Waals surface area contributed by atoms with Crippen LogP contribution in [0.5, 0.6) is 0 Å². The number of rotatable bonds is 3. The first-order valence-corrected chi connectivity index (χ1v) is 6.20.